The minimum atomic E-state index is 0.913. The van der Waals surface area contributed by atoms with Gasteiger partial charge in [-0.3, -0.25) is 0 Å². The molecule has 1 rings (SSSR count). The van der Waals surface area contributed by atoms with Gasteiger partial charge in [0.25, 0.3) is 0 Å². The van der Waals surface area contributed by atoms with Crippen molar-refractivity contribution in [2.75, 3.05) is 32.7 Å². The molecule has 1 aliphatic rings. The highest BCUT2D eigenvalue weighted by Gasteiger charge is 2.17. The van der Waals surface area contributed by atoms with Gasteiger partial charge in [0.15, 0.2) is 0 Å². The van der Waals surface area contributed by atoms with E-state index in [-0.39, 0.29) is 0 Å². The Kier molecular flexibility index (Phi) is 6.69. The molecule has 0 spiro atoms. The summed E-state index contributed by atoms with van der Waals surface area (Å²) in [6, 6.07) is 0. The highest BCUT2D eigenvalue weighted by atomic mass is 15.1. The van der Waals surface area contributed by atoms with Gasteiger partial charge in [0.05, 0.1) is 0 Å². The summed E-state index contributed by atoms with van der Waals surface area (Å²) in [6.45, 7) is 12.2. The molecule has 0 atom stereocenters. The maximum Gasteiger partial charge on any atom is 0.00158 e. The Morgan fingerprint density at radius 2 is 2.13 bits per heavy atom. The van der Waals surface area contributed by atoms with E-state index in [1.165, 1.54) is 52.0 Å². The van der Waals surface area contributed by atoms with Gasteiger partial charge in [-0.25, -0.2) is 0 Å². The number of hydrogen-bond acceptors (Lipinski definition) is 2. The zero-order valence-corrected chi connectivity index (χ0v) is 10.2. The molecule has 2 nitrogen and oxygen atoms in total. The third-order valence-corrected chi connectivity index (χ3v) is 3.22. The Labute approximate surface area is 94.7 Å². The summed E-state index contributed by atoms with van der Waals surface area (Å²) in [7, 11) is 0. The van der Waals surface area contributed by atoms with E-state index >= 15 is 0 Å². The van der Waals surface area contributed by atoms with Crippen molar-refractivity contribution in [3.63, 3.8) is 0 Å². The molecule has 0 radical (unpaired) electrons. The van der Waals surface area contributed by atoms with Crippen molar-refractivity contribution in [3.8, 4) is 0 Å². The van der Waals surface area contributed by atoms with Crippen LogP contribution in [0.2, 0.25) is 0 Å². The molecule has 0 aromatic rings. The van der Waals surface area contributed by atoms with Crippen molar-refractivity contribution in [1.82, 2.24) is 10.2 Å². The standard InChI is InChI=1S/C13H26N2/c1-3-5-9-15-10-6-13(7-11-15)12-14-8-4-2/h3,13-14H,1,4-12H2,2H3. The monoisotopic (exact) mass is 210 g/mol. The molecule has 0 unspecified atom stereocenters. The van der Waals surface area contributed by atoms with Gasteiger partial charge in [-0.15, -0.1) is 6.58 Å². The number of rotatable bonds is 7. The molecule has 0 saturated carbocycles. The van der Waals surface area contributed by atoms with Gasteiger partial charge < -0.3 is 10.2 Å². The minimum absolute atomic E-state index is 0.913. The quantitative estimate of drug-likeness (QED) is 0.512. The van der Waals surface area contributed by atoms with E-state index in [1.54, 1.807) is 0 Å². The van der Waals surface area contributed by atoms with E-state index in [1.807, 2.05) is 6.08 Å². The second-order valence-electron chi connectivity index (χ2n) is 4.57. The van der Waals surface area contributed by atoms with Crippen LogP contribution in [0.25, 0.3) is 0 Å². The third-order valence-electron chi connectivity index (χ3n) is 3.22. The average molecular weight is 210 g/mol. The first kappa shape index (κ1) is 12.7. The highest BCUT2D eigenvalue weighted by molar-refractivity contribution is 4.76. The normalized spacial score (nSPS) is 19.3. The molecule has 1 aliphatic heterocycles. The summed E-state index contributed by atoms with van der Waals surface area (Å²) in [5.74, 6) is 0.913. The van der Waals surface area contributed by atoms with Crippen molar-refractivity contribution in [2.24, 2.45) is 5.92 Å². The topological polar surface area (TPSA) is 15.3 Å². The molecular formula is C13H26N2. The van der Waals surface area contributed by atoms with Crippen LogP contribution in [0.5, 0.6) is 0 Å². The summed E-state index contributed by atoms with van der Waals surface area (Å²) < 4.78 is 0. The van der Waals surface area contributed by atoms with E-state index in [4.69, 9.17) is 0 Å². The lowest BCUT2D eigenvalue weighted by Crippen LogP contribution is -2.37. The predicted molar refractivity (Wildman–Crippen MR) is 67.1 cm³/mol. The highest BCUT2D eigenvalue weighted by Crippen LogP contribution is 2.16. The van der Waals surface area contributed by atoms with Gasteiger partial charge in [0.2, 0.25) is 0 Å². The summed E-state index contributed by atoms with van der Waals surface area (Å²) >= 11 is 0. The molecule has 15 heavy (non-hydrogen) atoms. The van der Waals surface area contributed by atoms with Crippen LogP contribution in [0.3, 0.4) is 0 Å². The fraction of sp³-hybridized carbons (Fsp3) is 0.846. The van der Waals surface area contributed by atoms with E-state index in [0.717, 1.165) is 12.3 Å². The number of piperidine rings is 1. The Morgan fingerprint density at radius 1 is 1.40 bits per heavy atom. The zero-order valence-electron chi connectivity index (χ0n) is 10.2. The lowest BCUT2D eigenvalue weighted by Gasteiger charge is -2.31. The lowest BCUT2D eigenvalue weighted by molar-refractivity contribution is 0.185. The maximum absolute atomic E-state index is 3.77. The second kappa shape index (κ2) is 7.89. The minimum Gasteiger partial charge on any atom is -0.316 e. The first-order chi connectivity index (χ1) is 7.36. The molecule has 2 heteroatoms. The zero-order chi connectivity index (χ0) is 10.9. The molecule has 0 aromatic heterocycles. The van der Waals surface area contributed by atoms with Crippen LogP contribution < -0.4 is 5.32 Å². The largest absolute Gasteiger partial charge is 0.316 e. The summed E-state index contributed by atoms with van der Waals surface area (Å²) in [5, 5.41) is 3.53. The van der Waals surface area contributed by atoms with Gasteiger partial charge in [-0.2, -0.15) is 0 Å². The Bertz CT molecular complexity index is 160. The smallest absolute Gasteiger partial charge is 0.00158 e. The lowest BCUT2D eigenvalue weighted by atomic mass is 9.96. The number of nitrogens with zero attached hydrogens (tertiary/aromatic N) is 1. The predicted octanol–water partition coefficient (Wildman–Crippen LogP) is 2.27. The third kappa shape index (κ3) is 5.33. The van der Waals surface area contributed by atoms with Crippen molar-refractivity contribution in [2.45, 2.75) is 32.6 Å². The molecule has 0 amide bonds. The van der Waals surface area contributed by atoms with Crippen LogP contribution in [0, 0.1) is 5.92 Å². The summed E-state index contributed by atoms with van der Waals surface area (Å²) in [5.41, 5.74) is 0. The van der Waals surface area contributed by atoms with Crippen LogP contribution >= 0.6 is 0 Å². The van der Waals surface area contributed by atoms with Crippen molar-refractivity contribution in [3.05, 3.63) is 12.7 Å². The van der Waals surface area contributed by atoms with Gasteiger partial charge in [0.1, 0.15) is 0 Å². The molecule has 88 valence electrons. The Morgan fingerprint density at radius 3 is 2.73 bits per heavy atom. The first-order valence-corrected chi connectivity index (χ1v) is 6.40. The van der Waals surface area contributed by atoms with E-state index in [0.29, 0.717) is 0 Å². The molecule has 0 bridgehead atoms. The van der Waals surface area contributed by atoms with E-state index < -0.39 is 0 Å². The number of hydrogen-bond donors (Lipinski definition) is 1. The molecule has 0 aromatic carbocycles. The van der Waals surface area contributed by atoms with Crippen LogP contribution in [0.15, 0.2) is 12.7 Å². The molecule has 0 aliphatic carbocycles. The fourth-order valence-corrected chi connectivity index (χ4v) is 2.17. The Balaban J connectivity index is 2.04. The molecule has 1 N–H and O–H groups in total. The molecule has 1 fully saturated rings. The maximum atomic E-state index is 3.77. The van der Waals surface area contributed by atoms with E-state index in [2.05, 4.69) is 23.7 Å². The molecule has 1 heterocycles. The summed E-state index contributed by atoms with van der Waals surface area (Å²) in [6.07, 6.45) is 7.15. The SMILES string of the molecule is C=CCCN1CCC(CNCCC)CC1. The first-order valence-electron chi connectivity index (χ1n) is 6.40. The number of nitrogens with one attached hydrogen (secondary N) is 1. The van der Waals surface area contributed by atoms with Crippen molar-refractivity contribution < 1.29 is 0 Å². The number of likely N-dealkylation sites (tertiary alicyclic amines) is 1. The fourth-order valence-electron chi connectivity index (χ4n) is 2.17. The Hall–Kier alpha value is -0.340. The van der Waals surface area contributed by atoms with Crippen molar-refractivity contribution in [1.29, 1.82) is 0 Å². The van der Waals surface area contributed by atoms with Crippen LogP contribution in [-0.4, -0.2) is 37.6 Å². The molecule has 1 saturated heterocycles. The van der Waals surface area contributed by atoms with Gasteiger partial charge in [0, 0.05) is 6.54 Å². The van der Waals surface area contributed by atoms with Crippen LogP contribution in [0.1, 0.15) is 32.6 Å². The molecular weight excluding hydrogens is 184 g/mol. The average Bonchev–Trinajstić information content (AvgIpc) is 2.28. The van der Waals surface area contributed by atoms with E-state index in [9.17, 15) is 0 Å². The summed E-state index contributed by atoms with van der Waals surface area (Å²) in [4.78, 5) is 2.57. The van der Waals surface area contributed by atoms with Gasteiger partial charge in [-0.05, 0) is 57.8 Å². The van der Waals surface area contributed by atoms with Crippen LogP contribution in [-0.2, 0) is 0 Å². The van der Waals surface area contributed by atoms with Crippen molar-refractivity contribution >= 4 is 0 Å². The van der Waals surface area contributed by atoms with Crippen LogP contribution in [0.4, 0.5) is 0 Å². The van der Waals surface area contributed by atoms with Gasteiger partial charge >= 0.3 is 0 Å². The van der Waals surface area contributed by atoms with Gasteiger partial charge in [-0.1, -0.05) is 13.0 Å². The second-order valence-corrected chi connectivity index (χ2v) is 4.57.